The molecular formula is C14H10FN3O3. The lowest BCUT2D eigenvalue weighted by molar-refractivity contribution is 0.0695. The first-order chi connectivity index (χ1) is 10.0. The van der Waals surface area contributed by atoms with E-state index in [0.717, 1.165) is 6.07 Å². The smallest absolute Gasteiger partial charge is 0.341 e. The maximum atomic E-state index is 14.1. The minimum Gasteiger partial charge on any atom is -0.477 e. The number of halogens is 1. The van der Waals surface area contributed by atoms with E-state index in [4.69, 9.17) is 5.11 Å². The molecule has 21 heavy (non-hydrogen) atoms. The van der Waals surface area contributed by atoms with Gasteiger partial charge in [0.2, 0.25) is 5.43 Å². The maximum absolute atomic E-state index is 14.1. The Kier molecular flexibility index (Phi) is 2.90. The number of aromatic nitrogens is 3. The Labute approximate surface area is 117 Å². The Balaban J connectivity index is 2.64. The van der Waals surface area contributed by atoms with Gasteiger partial charge in [0.15, 0.2) is 5.82 Å². The van der Waals surface area contributed by atoms with E-state index in [0.29, 0.717) is 12.1 Å². The van der Waals surface area contributed by atoms with Gasteiger partial charge in [-0.15, -0.1) is 0 Å². The van der Waals surface area contributed by atoms with E-state index in [1.165, 1.54) is 18.6 Å². The molecule has 0 atom stereocenters. The molecule has 0 aliphatic rings. The summed E-state index contributed by atoms with van der Waals surface area (Å²) < 4.78 is 15.6. The van der Waals surface area contributed by atoms with Gasteiger partial charge in [-0.1, -0.05) is 0 Å². The number of aromatic carboxylic acids is 1. The number of nitrogens with zero attached hydrogens (tertiary/aromatic N) is 3. The minimum atomic E-state index is -1.34. The van der Waals surface area contributed by atoms with Crippen molar-refractivity contribution in [2.75, 3.05) is 0 Å². The summed E-state index contributed by atoms with van der Waals surface area (Å²) in [6.07, 6.45) is 4.01. The molecule has 3 aromatic rings. The third-order valence-corrected chi connectivity index (χ3v) is 3.31. The molecular weight excluding hydrogens is 277 g/mol. The first-order valence-corrected chi connectivity index (χ1v) is 6.24. The second-order valence-electron chi connectivity index (χ2n) is 4.47. The Morgan fingerprint density at radius 3 is 2.62 bits per heavy atom. The number of aryl methyl sites for hydroxylation is 1. The highest BCUT2D eigenvalue weighted by Crippen LogP contribution is 2.23. The normalized spacial score (nSPS) is 11.1. The van der Waals surface area contributed by atoms with Gasteiger partial charge >= 0.3 is 5.97 Å². The van der Waals surface area contributed by atoms with Crippen molar-refractivity contribution >= 4 is 27.9 Å². The Morgan fingerprint density at radius 2 is 2.00 bits per heavy atom. The van der Waals surface area contributed by atoms with Crippen LogP contribution in [0.15, 0.2) is 29.5 Å². The second-order valence-corrected chi connectivity index (χ2v) is 4.47. The third-order valence-electron chi connectivity index (χ3n) is 3.31. The van der Waals surface area contributed by atoms with Crippen LogP contribution in [-0.2, 0) is 6.54 Å². The topological polar surface area (TPSA) is 85.1 Å². The molecule has 0 saturated heterocycles. The van der Waals surface area contributed by atoms with Crippen LogP contribution in [0.5, 0.6) is 0 Å². The number of benzene rings is 1. The average molecular weight is 287 g/mol. The number of carboxylic acid groups (broad SMARTS) is 1. The number of carbonyl (C=O) groups is 1. The first-order valence-electron chi connectivity index (χ1n) is 6.24. The molecule has 0 amide bonds. The van der Waals surface area contributed by atoms with E-state index in [2.05, 4.69) is 9.97 Å². The molecule has 3 rings (SSSR count). The van der Waals surface area contributed by atoms with Crippen molar-refractivity contribution in [3.8, 4) is 0 Å². The lowest BCUT2D eigenvalue weighted by atomic mass is 10.1. The Hall–Kier alpha value is -2.83. The monoisotopic (exact) mass is 287 g/mol. The van der Waals surface area contributed by atoms with Crippen LogP contribution in [-0.4, -0.2) is 25.6 Å². The van der Waals surface area contributed by atoms with Gasteiger partial charge in [0.25, 0.3) is 0 Å². The van der Waals surface area contributed by atoms with Gasteiger partial charge in [-0.2, -0.15) is 0 Å². The predicted molar refractivity (Wildman–Crippen MR) is 73.9 cm³/mol. The largest absolute Gasteiger partial charge is 0.477 e. The molecule has 1 N–H and O–H groups in total. The molecule has 6 nitrogen and oxygen atoms in total. The van der Waals surface area contributed by atoms with E-state index >= 15 is 0 Å². The molecule has 0 fully saturated rings. The number of hydrogen-bond acceptors (Lipinski definition) is 4. The molecule has 0 spiro atoms. The van der Waals surface area contributed by atoms with Gasteiger partial charge in [0.05, 0.1) is 10.9 Å². The number of fused-ring (bicyclic) bond motifs is 3. The lowest BCUT2D eigenvalue weighted by Crippen LogP contribution is -2.19. The molecule has 2 aromatic heterocycles. The van der Waals surface area contributed by atoms with Gasteiger partial charge in [0, 0.05) is 25.1 Å². The van der Waals surface area contributed by atoms with E-state index in [9.17, 15) is 14.0 Å². The fraction of sp³-hybridized carbons (Fsp3) is 0.143. The van der Waals surface area contributed by atoms with E-state index in [1.54, 1.807) is 11.5 Å². The zero-order chi connectivity index (χ0) is 15.1. The van der Waals surface area contributed by atoms with Gasteiger partial charge in [-0.05, 0) is 13.0 Å². The van der Waals surface area contributed by atoms with Crippen LogP contribution in [0.4, 0.5) is 4.39 Å². The average Bonchev–Trinajstić information content (AvgIpc) is 2.48. The van der Waals surface area contributed by atoms with Crippen molar-refractivity contribution in [1.82, 2.24) is 14.5 Å². The summed E-state index contributed by atoms with van der Waals surface area (Å²) in [5.74, 6) is -2.04. The SMILES string of the molecule is CCn1cc(C(=O)O)c(=O)c2cc(F)c3nccnc3c21. The van der Waals surface area contributed by atoms with Crippen LogP contribution in [0.2, 0.25) is 0 Å². The number of pyridine rings is 1. The van der Waals surface area contributed by atoms with Gasteiger partial charge in [-0.3, -0.25) is 9.78 Å². The van der Waals surface area contributed by atoms with Crippen LogP contribution in [0.1, 0.15) is 17.3 Å². The summed E-state index contributed by atoms with van der Waals surface area (Å²) in [6, 6.07) is 1.02. The highest BCUT2D eigenvalue weighted by molar-refractivity contribution is 6.03. The molecule has 0 aliphatic heterocycles. The van der Waals surface area contributed by atoms with Crippen LogP contribution in [0.25, 0.3) is 21.9 Å². The van der Waals surface area contributed by atoms with E-state index < -0.39 is 22.8 Å². The molecule has 106 valence electrons. The molecule has 2 heterocycles. The van der Waals surface area contributed by atoms with Crippen molar-refractivity contribution < 1.29 is 14.3 Å². The number of carboxylic acids is 1. The molecule has 0 unspecified atom stereocenters. The third kappa shape index (κ3) is 1.85. The summed E-state index contributed by atoms with van der Waals surface area (Å²) in [5, 5.41) is 9.08. The van der Waals surface area contributed by atoms with Gasteiger partial charge in [-0.25, -0.2) is 14.2 Å². The van der Waals surface area contributed by atoms with Crippen LogP contribution in [0, 0.1) is 5.82 Å². The Morgan fingerprint density at radius 1 is 1.33 bits per heavy atom. The molecule has 7 heteroatoms. The molecule has 0 saturated carbocycles. The summed E-state index contributed by atoms with van der Waals surface area (Å²) >= 11 is 0. The van der Waals surface area contributed by atoms with Crippen molar-refractivity contribution in [1.29, 1.82) is 0 Å². The van der Waals surface area contributed by atoms with Gasteiger partial charge < -0.3 is 9.67 Å². The van der Waals surface area contributed by atoms with Crippen molar-refractivity contribution in [2.45, 2.75) is 13.5 Å². The summed E-state index contributed by atoms with van der Waals surface area (Å²) in [6.45, 7) is 2.20. The van der Waals surface area contributed by atoms with Crippen molar-refractivity contribution in [3.63, 3.8) is 0 Å². The van der Waals surface area contributed by atoms with E-state index in [-0.39, 0.29) is 16.4 Å². The molecule has 0 bridgehead atoms. The fourth-order valence-electron chi connectivity index (χ4n) is 2.37. The number of rotatable bonds is 2. The highest BCUT2D eigenvalue weighted by Gasteiger charge is 2.18. The molecule has 0 radical (unpaired) electrons. The summed E-state index contributed by atoms with van der Waals surface area (Å²) in [4.78, 5) is 31.4. The fourth-order valence-corrected chi connectivity index (χ4v) is 2.37. The van der Waals surface area contributed by atoms with Crippen LogP contribution in [0.3, 0.4) is 0 Å². The minimum absolute atomic E-state index is 0.0118. The van der Waals surface area contributed by atoms with Crippen molar-refractivity contribution in [2.24, 2.45) is 0 Å². The summed E-state index contributed by atoms with van der Waals surface area (Å²) in [7, 11) is 0. The quantitative estimate of drug-likeness (QED) is 0.726. The second kappa shape index (κ2) is 4.62. The maximum Gasteiger partial charge on any atom is 0.341 e. The van der Waals surface area contributed by atoms with Crippen LogP contribution >= 0.6 is 0 Å². The molecule has 1 aromatic carbocycles. The summed E-state index contributed by atoms with van der Waals surface area (Å²) in [5.41, 5.74) is -0.448. The van der Waals surface area contributed by atoms with Crippen molar-refractivity contribution in [3.05, 3.63) is 46.3 Å². The predicted octanol–water partition coefficient (Wildman–Crippen LogP) is 1.80. The lowest BCUT2D eigenvalue weighted by Gasteiger charge is -2.12. The zero-order valence-corrected chi connectivity index (χ0v) is 11.0. The standard InChI is InChI=1S/C14H10FN3O3/c1-2-18-6-8(14(20)21)13(19)7-5-9(15)10-11(12(7)18)17-4-3-16-10/h3-6H,2H2,1H3,(H,20,21). The molecule has 0 aliphatic carbocycles. The number of hydrogen-bond donors (Lipinski definition) is 1. The highest BCUT2D eigenvalue weighted by atomic mass is 19.1. The van der Waals surface area contributed by atoms with E-state index in [1.807, 2.05) is 0 Å². The van der Waals surface area contributed by atoms with Gasteiger partial charge in [0.1, 0.15) is 16.6 Å². The first kappa shape index (κ1) is 13.2. The zero-order valence-electron chi connectivity index (χ0n) is 11.0. The van der Waals surface area contributed by atoms with Crippen LogP contribution < -0.4 is 5.43 Å². The Bertz CT molecular complexity index is 949.